The zero-order valence-corrected chi connectivity index (χ0v) is 14.6. The van der Waals surface area contributed by atoms with Crippen molar-refractivity contribution in [3.63, 3.8) is 0 Å². The van der Waals surface area contributed by atoms with Gasteiger partial charge in [-0.15, -0.1) is 10.2 Å². The molecule has 0 aliphatic carbocycles. The molecule has 1 amide bonds. The van der Waals surface area contributed by atoms with E-state index in [1.165, 1.54) is 0 Å². The largest absolute Gasteiger partial charge is 0.493 e. The lowest BCUT2D eigenvalue weighted by Crippen LogP contribution is -2.13. The monoisotopic (exact) mass is 411 g/mol. The number of benzene rings is 2. The molecule has 0 aliphatic heterocycles. The number of carbonyl (C=O) groups is 1. The molecule has 8 nitrogen and oxygen atoms in total. The van der Waals surface area contributed by atoms with E-state index in [1.807, 2.05) is 0 Å². The molecule has 2 aromatic heterocycles. The van der Waals surface area contributed by atoms with Gasteiger partial charge in [-0.1, -0.05) is 34.1 Å². The zero-order chi connectivity index (χ0) is 18.3. The number of nitrogens with one attached hydrogen (secondary N) is 2. The molecule has 4 rings (SSSR count). The van der Waals surface area contributed by atoms with Crippen LogP contribution < -0.4 is 5.56 Å². The molecule has 0 saturated carbocycles. The first-order valence-electron chi connectivity index (χ1n) is 7.48. The van der Waals surface area contributed by atoms with E-state index in [1.54, 1.807) is 42.5 Å². The molecule has 0 fully saturated rings. The molecule has 26 heavy (non-hydrogen) atoms. The van der Waals surface area contributed by atoms with E-state index in [2.05, 4.69) is 41.3 Å². The summed E-state index contributed by atoms with van der Waals surface area (Å²) in [5, 5.41) is 24.9. The smallest absolute Gasteiger partial charge is 0.316 e. The Morgan fingerprint density at radius 2 is 1.88 bits per heavy atom. The summed E-state index contributed by atoms with van der Waals surface area (Å²) in [5.41, 5.74) is 0.376. The molecule has 0 saturated heterocycles. The Bertz CT molecular complexity index is 1260. The molecule has 4 aromatic rings. The van der Waals surface area contributed by atoms with Crippen molar-refractivity contribution in [3.05, 3.63) is 63.0 Å². The Balaban J connectivity index is 1.78. The summed E-state index contributed by atoms with van der Waals surface area (Å²) in [5.74, 6) is -0.935. The number of halogens is 1. The maximum atomic E-state index is 12.4. The summed E-state index contributed by atoms with van der Waals surface area (Å²) in [7, 11) is 0. The Morgan fingerprint density at radius 3 is 2.69 bits per heavy atom. The van der Waals surface area contributed by atoms with Gasteiger partial charge in [0, 0.05) is 15.2 Å². The van der Waals surface area contributed by atoms with Crippen LogP contribution in [0.5, 0.6) is 5.88 Å². The molecular weight excluding hydrogens is 402 g/mol. The number of rotatable bonds is 2. The Kier molecular flexibility index (Phi) is 3.85. The van der Waals surface area contributed by atoms with Crippen LogP contribution in [0.1, 0.15) is 10.5 Å². The van der Waals surface area contributed by atoms with Crippen molar-refractivity contribution in [2.75, 3.05) is 0 Å². The SMILES string of the molecule is O=C(N=Nc1c(O)[nH]c2ccc(Br)cc12)c1n[nH]c(=O)c2ccccc12. The summed E-state index contributed by atoms with van der Waals surface area (Å²) >= 11 is 3.35. The number of carbonyl (C=O) groups excluding carboxylic acids is 1. The third-order valence-corrected chi connectivity index (χ3v) is 4.35. The number of hydrogen-bond donors (Lipinski definition) is 3. The number of azo groups is 1. The fourth-order valence-electron chi connectivity index (χ4n) is 2.66. The normalized spacial score (nSPS) is 11.6. The quantitative estimate of drug-likeness (QED) is 0.433. The molecule has 0 unspecified atom stereocenters. The first kappa shape index (κ1) is 16.2. The Labute approximate surface area is 153 Å². The highest BCUT2D eigenvalue weighted by molar-refractivity contribution is 9.10. The Morgan fingerprint density at radius 1 is 1.12 bits per heavy atom. The van der Waals surface area contributed by atoms with Crippen molar-refractivity contribution >= 4 is 49.2 Å². The van der Waals surface area contributed by atoms with Gasteiger partial charge in [-0.2, -0.15) is 5.10 Å². The first-order valence-corrected chi connectivity index (χ1v) is 8.27. The van der Waals surface area contributed by atoms with Gasteiger partial charge >= 0.3 is 5.91 Å². The minimum absolute atomic E-state index is 0.0236. The lowest BCUT2D eigenvalue weighted by molar-refractivity contribution is 0.0991. The van der Waals surface area contributed by atoms with E-state index < -0.39 is 11.5 Å². The second-order valence-corrected chi connectivity index (χ2v) is 6.38. The summed E-state index contributed by atoms with van der Waals surface area (Å²) in [4.78, 5) is 27.0. The van der Waals surface area contributed by atoms with Gasteiger partial charge in [0.15, 0.2) is 11.4 Å². The zero-order valence-electron chi connectivity index (χ0n) is 13.0. The lowest BCUT2D eigenvalue weighted by atomic mass is 10.1. The fourth-order valence-corrected chi connectivity index (χ4v) is 3.02. The van der Waals surface area contributed by atoms with Crippen LogP contribution in [0.4, 0.5) is 5.69 Å². The highest BCUT2D eigenvalue weighted by Gasteiger charge is 2.15. The lowest BCUT2D eigenvalue weighted by Gasteiger charge is -2.00. The summed E-state index contributed by atoms with van der Waals surface area (Å²) < 4.78 is 0.792. The number of aromatic nitrogens is 3. The van der Waals surface area contributed by atoms with Crippen molar-refractivity contribution in [3.8, 4) is 5.88 Å². The van der Waals surface area contributed by atoms with E-state index in [0.29, 0.717) is 21.7 Å². The fraction of sp³-hybridized carbons (Fsp3) is 0. The Hall–Kier alpha value is -3.33. The van der Waals surface area contributed by atoms with E-state index in [0.717, 1.165) is 4.47 Å². The second-order valence-electron chi connectivity index (χ2n) is 5.46. The maximum Gasteiger partial charge on any atom is 0.316 e. The number of nitrogens with zero attached hydrogens (tertiary/aromatic N) is 3. The molecule has 0 atom stereocenters. The third kappa shape index (κ3) is 2.68. The molecule has 0 aliphatic rings. The van der Waals surface area contributed by atoms with Crippen LogP contribution in [0.3, 0.4) is 0 Å². The van der Waals surface area contributed by atoms with Gasteiger partial charge in [0.25, 0.3) is 5.56 Å². The molecule has 3 N–H and O–H groups in total. The van der Waals surface area contributed by atoms with Gasteiger partial charge < -0.3 is 10.1 Å². The molecule has 9 heteroatoms. The predicted octanol–water partition coefficient (Wildman–Crippen LogP) is 3.80. The average molecular weight is 412 g/mol. The number of fused-ring (bicyclic) bond motifs is 2. The van der Waals surface area contributed by atoms with Crippen LogP contribution >= 0.6 is 15.9 Å². The number of aromatic hydroxyl groups is 1. The van der Waals surface area contributed by atoms with E-state index >= 15 is 0 Å². The summed E-state index contributed by atoms with van der Waals surface area (Å²) in [6.07, 6.45) is 0. The van der Waals surface area contributed by atoms with Crippen molar-refractivity contribution in [1.29, 1.82) is 0 Å². The van der Waals surface area contributed by atoms with Gasteiger partial charge in [0.05, 0.1) is 10.9 Å². The molecule has 0 bridgehead atoms. The second kappa shape index (κ2) is 6.19. The van der Waals surface area contributed by atoms with Crippen LogP contribution in [0.15, 0.2) is 62.0 Å². The first-order chi connectivity index (χ1) is 12.5. The van der Waals surface area contributed by atoms with Gasteiger partial charge in [-0.25, -0.2) is 5.10 Å². The summed E-state index contributed by atoms with van der Waals surface area (Å²) in [6.45, 7) is 0. The van der Waals surface area contributed by atoms with E-state index in [4.69, 9.17) is 0 Å². The van der Waals surface area contributed by atoms with Crippen molar-refractivity contribution < 1.29 is 9.90 Å². The van der Waals surface area contributed by atoms with Crippen molar-refractivity contribution in [1.82, 2.24) is 15.2 Å². The average Bonchev–Trinajstić information content (AvgIpc) is 2.95. The highest BCUT2D eigenvalue weighted by atomic mass is 79.9. The number of aromatic amines is 2. The minimum atomic E-state index is -0.735. The van der Waals surface area contributed by atoms with Gasteiger partial charge in [-0.3, -0.25) is 9.59 Å². The van der Waals surface area contributed by atoms with Crippen LogP contribution in [-0.2, 0) is 0 Å². The maximum absolute atomic E-state index is 12.4. The van der Waals surface area contributed by atoms with Gasteiger partial charge in [-0.05, 0) is 24.3 Å². The predicted molar refractivity (Wildman–Crippen MR) is 98.9 cm³/mol. The van der Waals surface area contributed by atoms with Gasteiger partial charge in [0.2, 0.25) is 5.88 Å². The highest BCUT2D eigenvalue weighted by Crippen LogP contribution is 2.36. The van der Waals surface area contributed by atoms with Crippen LogP contribution in [0.2, 0.25) is 0 Å². The third-order valence-electron chi connectivity index (χ3n) is 3.85. The van der Waals surface area contributed by atoms with E-state index in [9.17, 15) is 14.7 Å². The van der Waals surface area contributed by atoms with Crippen LogP contribution in [-0.4, -0.2) is 26.2 Å². The molecule has 2 aromatic carbocycles. The van der Waals surface area contributed by atoms with E-state index in [-0.39, 0.29) is 17.3 Å². The summed E-state index contributed by atoms with van der Waals surface area (Å²) in [6, 6.07) is 11.9. The molecule has 0 spiro atoms. The molecule has 0 radical (unpaired) electrons. The standard InChI is InChI=1S/C17H10BrN5O3/c18-8-5-6-12-11(7-8)14(16(25)19-12)21-23-17(26)13-9-3-1-2-4-10(9)15(24)22-20-13/h1-7,19,25H,(H,22,24). The van der Waals surface area contributed by atoms with Crippen LogP contribution in [0, 0.1) is 0 Å². The minimum Gasteiger partial charge on any atom is -0.493 e. The number of H-pyrrole nitrogens is 2. The topological polar surface area (TPSA) is 124 Å². The molecule has 128 valence electrons. The number of amides is 1. The van der Waals surface area contributed by atoms with Crippen LogP contribution in [0.25, 0.3) is 21.7 Å². The van der Waals surface area contributed by atoms with Crippen molar-refractivity contribution in [2.45, 2.75) is 0 Å². The molecule has 2 heterocycles. The van der Waals surface area contributed by atoms with Gasteiger partial charge in [0.1, 0.15) is 0 Å². The van der Waals surface area contributed by atoms with Crippen molar-refractivity contribution in [2.24, 2.45) is 10.2 Å². The number of hydrogen-bond acceptors (Lipinski definition) is 5. The molecular formula is C17H10BrN5O3.